The maximum atomic E-state index is 12.9. The topological polar surface area (TPSA) is 84.9 Å². The molecule has 0 aliphatic rings. The highest BCUT2D eigenvalue weighted by atomic mass is 19.1. The highest BCUT2D eigenvalue weighted by Gasteiger charge is 2.16. The minimum absolute atomic E-state index is 0.0528. The van der Waals surface area contributed by atoms with Crippen molar-refractivity contribution in [3.8, 4) is 5.75 Å². The van der Waals surface area contributed by atoms with Gasteiger partial charge >= 0.3 is 0 Å². The quantitative estimate of drug-likeness (QED) is 0.528. The van der Waals surface area contributed by atoms with Crippen LogP contribution in [0.4, 0.5) is 4.39 Å². The molecule has 0 aliphatic carbocycles. The SMILES string of the molecule is O=C(CC(=O)c1ncn[nH]1)c1cccc(OCc2ccc(F)cc2)c1. The third-order valence-electron chi connectivity index (χ3n) is 3.48. The molecule has 0 saturated heterocycles. The number of H-pyrrole nitrogens is 1. The van der Waals surface area contributed by atoms with E-state index in [4.69, 9.17) is 4.74 Å². The fourth-order valence-electron chi connectivity index (χ4n) is 2.18. The standard InChI is InChI=1S/C18H14FN3O3/c19-14-6-4-12(5-7-14)10-25-15-3-1-2-13(8-15)16(23)9-17(24)18-20-11-21-22-18/h1-8,11H,9-10H2,(H,20,21,22). The molecule has 2 aromatic carbocycles. The molecular weight excluding hydrogens is 325 g/mol. The molecule has 1 N–H and O–H groups in total. The summed E-state index contributed by atoms with van der Waals surface area (Å²) in [5, 5.41) is 6.02. The zero-order chi connectivity index (χ0) is 17.6. The summed E-state index contributed by atoms with van der Waals surface area (Å²) >= 11 is 0. The van der Waals surface area contributed by atoms with Gasteiger partial charge in [0.25, 0.3) is 0 Å². The number of halogens is 1. The molecule has 25 heavy (non-hydrogen) atoms. The Labute approximate surface area is 142 Å². The second-order valence-corrected chi connectivity index (χ2v) is 5.30. The number of Topliss-reactive ketones (excluding diaryl/α,β-unsaturated/α-hetero) is 2. The highest BCUT2D eigenvalue weighted by Crippen LogP contribution is 2.17. The van der Waals surface area contributed by atoms with Gasteiger partial charge in [-0.15, -0.1) is 0 Å². The van der Waals surface area contributed by atoms with E-state index in [1.165, 1.54) is 18.5 Å². The van der Waals surface area contributed by atoms with Crippen molar-refractivity contribution in [2.75, 3.05) is 0 Å². The van der Waals surface area contributed by atoms with Crippen molar-refractivity contribution in [3.63, 3.8) is 0 Å². The van der Waals surface area contributed by atoms with Crippen molar-refractivity contribution in [2.24, 2.45) is 0 Å². The Balaban J connectivity index is 1.63. The molecule has 0 radical (unpaired) electrons. The van der Waals surface area contributed by atoms with Crippen molar-refractivity contribution < 1.29 is 18.7 Å². The molecule has 1 heterocycles. The fourth-order valence-corrected chi connectivity index (χ4v) is 2.18. The van der Waals surface area contributed by atoms with E-state index in [0.29, 0.717) is 11.3 Å². The summed E-state index contributed by atoms with van der Waals surface area (Å²) in [7, 11) is 0. The summed E-state index contributed by atoms with van der Waals surface area (Å²) < 4.78 is 18.5. The van der Waals surface area contributed by atoms with Gasteiger partial charge in [0, 0.05) is 5.56 Å². The molecule has 0 atom stereocenters. The van der Waals surface area contributed by atoms with Gasteiger partial charge in [0.05, 0.1) is 6.42 Å². The summed E-state index contributed by atoms with van der Waals surface area (Å²) in [6, 6.07) is 12.5. The van der Waals surface area contributed by atoms with Crippen molar-refractivity contribution in [2.45, 2.75) is 13.0 Å². The Morgan fingerprint density at radius 1 is 1.08 bits per heavy atom. The van der Waals surface area contributed by atoms with Crippen LogP contribution in [0.3, 0.4) is 0 Å². The van der Waals surface area contributed by atoms with E-state index in [0.717, 1.165) is 5.56 Å². The number of nitrogens with zero attached hydrogens (tertiary/aromatic N) is 2. The lowest BCUT2D eigenvalue weighted by atomic mass is 10.1. The predicted octanol–water partition coefficient (Wildman–Crippen LogP) is 2.98. The Bertz CT molecular complexity index is 877. The molecule has 126 valence electrons. The van der Waals surface area contributed by atoms with Crippen LogP contribution in [-0.4, -0.2) is 26.7 Å². The second-order valence-electron chi connectivity index (χ2n) is 5.30. The van der Waals surface area contributed by atoms with Crippen LogP contribution in [0.5, 0.6) is 5.75 Å². The predicted molar refractivity (Wildman–Crippen MR) is 86.8 cm³/mol. The first kappa shape index (κ1) is 16.5. The molecule has 6 nitrogen and oxygen atoms in total. The minimum atomic E-state index is -0.430. The van der Waals surface area contributed by atoms with Crippen LogP contribution in [0, 0.1) is 5.82 Å². The second kappa shape index (κ2) is 7.48. The lowest BCUT2D eigenvalue weighted by Gasteiger charge is -2.08. The van der Waals surface area contributed by atoms with Gasteiger partial charge < -0.3 is 4.74 Å². The van der Waals surface area contributed by atoms with Gasteiger partial charge in [-0.1, -0.05) is 24.3 Å². The molecule has 0 unspecified atom stereocenters. The first-order valence-electron chi connectivity index (χ1n) is 7.51. The highest BCUT2D eigenvalue weighted by molar-refractivity contribution is 6.12. The summed E-state index contributed by atoms with van der Waals surface area (Å²) in [5.41, 5.74) is 1.17. The van der Waals surface area contributed by atoms with Crippen molar-refractivity contribution in [1.29, 1.82) is 0 Å². The zero-order valence-corrected chi connectivity index (χ0v) is 13.1. The molecule has 0 bridgehead atoms. The van der Waals surface area contributed by atoms with E-state index < -0.39 is 5.78 Å². The number of nitrogens with one attached hydrogen (secondary N) is 1. The molecule has 0 spiro atoms. The summed E-state index contributed by atoms with van der Waals surface area (Å²) in [6.07, 6.45) is 0.901. The minimum Gasteiger partial charge on any atom is -0.489 e. The maximum absolute atomic E-state index is 12.9. The number of benzene rings is 2. The fraction of sp³-hybridized carbons (Fsp3) is 0.111. The zero-order valence-electron chi connectivity index (χ0n) is 13.1. The van der Waals surface area contributed by atoms with Crippen LogP contribution in [0.1, 0.15) is 33.0 Å². The molecular formula is C18H14FN3O3. The number of carbonyl (C=O) groups excluding carboxylic acids is 2. The summed E-state index contributed by atoms with van der Waals surface area (Å²) in [5.74, 6) is -0.541. The van der Waals surface area contributed by atoms with E-state index in [1.807, 2.05) is 0 Å². The largest absolute Gasteiger partial charge is 0.489 e. The van der Waals surface area contributed by atoms with E-state index >= 15 is 0 Å². The third kappa shape index (κ3) is 4.35. The van der Waals surface area contributed by atoms with Gasteiger partial charge in [-0.05, 0) is 29.8 Å². The van der Waals surface area contributed by atoms with E-state index in [9.17, 15) is 14.0 Å². The number of hydrogen-bond donors (Lipinski definition) is 1. The van der Waals surface area contributed by atoms with Gasteiger partial charge in [0.2, 0.25) is 5.78 Å². The maximum Gasteiger partial charge on any atom is 0.207 e. The van der Waals surface area contributed by atoms with Crippen LogP contribution in [0.2, 0.25) is 0 Å². The number of carbonyl (C=O) groups is 2. The number of rotatable bonds is 7. The molecule has 7 heteroatoms. The number of aromatic amines is 1. The Hall–Kier alpha value is -3.35. The number of ether oxygens (including phenoxy) is 1. The lowest BCUT2D eigenvalue weighted by molar-refractivity contribution is 0.0888. The van der Waals surface area contributed by atoms with Crippen LogP contribution in [-0.2, 0) is 6.61 Å². The molecule has 0 saturated carbocycles. The number of aromatic nitrogens is 3. The van der Waals surface area contributed by atoms with Crippen molar-refractivity contribution in [3.05, 3.63) is 77.6 Å². The smallest absolute Gasteiger partial charge is 0.207 e. The number of ketones is 2. The number of hydrogen-bond acceptors (Lipinski definition) is 5. The molecule has 3 rings (SSSR count). The molecule has 0 aliphatic heterocycles. The van der Waals surface area contributed by atoms with Gasteiger partial charge in [0.1, 0.15) is 24.5 Å². The van der Waals surface area contributed by atoms with Crippen LogP contribution >= 0.6 is 0 Å². The average Bonchev–Trinajstić information content (AvgIpc) is 3.16. The first-order valence-corrected chi connectivity index (χ1v) is 7.51. The first-order chi connectivity index (χ1) is 12.1. The lowest BCUT2D eigenvalue weighted by Crippen LogP contribution is -2.10. The Morgan fingerprint density at radius 3 is 2.60 bits per heavy atom. The Morgan fingerprint density at radius 2 is 1.88 bits per heavy atom. The summed E-state index contributed by atoms with van der Waals surface area (Å²) in [4.78, 5) is 27.9. The summed E-state index contributed by atoms with van der Waals surface area (Å²) in [6.45, 7) is 0.245. The monoisotopic (exact) mass is 339 g/mol. The van der Waals surface area contributed by atoms with Crippen LogP contribution in [0.25, 0.3) is 0 Å². The third-order valence-corrected chi connectivity index (χ3v) is 3.48. The van der Waals surface area contributed by atoms with Gasteiger partial charge in [-0.25, -0.2) is 9.37 Å². The van der Waals surface area contributed by atoms with E-state index in [2.05, 4.69) is 15.2 Å². The molecule has 1 aromatic heterocycles. The molecule has 0 amide bonds. The van der Waals surface area contributed by atoms with Crippen LogP contribution in [0.15, 0.2) is 54.9 Å². The molecule has 0 fully saturated rings. The molecule has 3 aromatic rings. The van der Waals surface area contributed by atoms with Gasteiger partial charge in [-0.2, -0.15) is 5.10 Å². The average molecular weight is 339 g/mol. The van der Waals surface area contributed by atoms with E-state index in [1.54, 1.807) is 36.4 Å². The van der Waals surface area contributed by atoms with Crippen LogP contribution < -0.4 is 4.74 Å². The van der Waals surface area contributed by atoms with Crippen molar-refractivity contribution >= 4 is 11.6 Å². The Kier molecular flexibility index (Phi) is 4.94. The van der Waals surface area contributed by atoms with Crippen molar-refractivity contribution in [1.82, 2.24) is 15.2 Å². The van der Waals surface area contributed by atoms with Gasteiger partial charge in [-0.3, -0.25) is 14.7 Å². The normalized spacial score (nSPS) is 10.4. The van der Waals surface area contributed by atoms with E-state index in [-0.39, 0.29) is 30.5 Å². The van der Waals surface area contributed by atoms with Gasteiger partial charge in [0.15, 0.2) is 11.6 Å².